The Bertz CT molecular complexity index is 590. The van der Waals surface area contributed by atoms with Crippen LogP contribution in [0.25, 0.3) is 0 Å². The van der Waals surface area contributed by atoms with Gasteiger partial charge in [-0.3, -0.25) is 9.59 Å². The van der Waals surface area contributed by atoms with Crippen molar-refractivity contribution in [2.24, 2.45) is 11.8 Å². The molecule has 1 aromatic carbocycles. The number of benzene rings is 1. The molecule has 1 aliphatic heterocycles. The van der Waals surface area contributed by atoms with Gasteiger partial charge in [0.05, 0.1) is 0 Å². The van der Waals surface area contributed by atoms with Crippen LogP contribution in [0.2, 0.25) is 0 Å². The summed E-state index contributed by atoms with van der Waals surface area (Å²) in [5, 5.41) is 9.38. The van der Waals surface area contributed by atoms with E-state index in [1.54, 1.807) is 24.3 Å². The second kappa shape index (κ2) is 7.99. The first-order valence-electron chi connectivity index (χ1n) is 8.48. The number of carbonyl (C=O) groups excluding carboxylic acids is 2. The zero-order chi connectivity index (χ0) is 16.4. The fourth-order valence-electron chi connectivity index (χ4n) is 3.16. The normalized spacial score (nSPS) is 28.4. The highest BCUT2D eigenvalue weighted by Gasteiger charge is 2.39. The summed E-state index contributed by atoms with van der Waals surface area (Å²) in [5.74, 6) is 0.684. The van der Waals surface area contributed by atoms with Gasteiger partial charge in [-0.1, -0.05) is 6.92 Å². The van der Waals surface area contributed by atoms with Crippen molar-refractivity contribution in [1.29, 1.82) is 0 Å². The molecule has 1 aliphatic carbocycles. The lowest BCUT2D eigenvalue weighted by Gasteiger charge is -2.28. The highest BCUT2D eigenvalue weighted by Crippen LogP contribution is 2.38. The van der Waals surface area contributed by atoms with Crippen LogP contribution >= 0.6 is 12.4 Å². The molecule has 1 saturated heterocycles. The molecule has 5 nitrogen and oxygen atoms in total. The molecule has 132 valence electrons. The van der Waals surface area contributed by atoms with Crippen molar-refractivity contribution in [2.45, 2.75) is 45.2 Å². The molecule has 24 heavy (non-hydrogen) atoms. The molecular formula is C18H26ClN3O2. The van der Waals surface area contributed by atoms with Gasteiger partial charge >= 0.3 is 0 Å². The molecule has 0 aromatic heterocycles. The number of nitrogens with one attached hydrogen (secondary N) is 3. The van der Waals surface area contributed by atoms with E-state index < -0.39 is 0 Å². The second-order valence-corrected chi connectivity index (χ2v) is 6.94. The minimum Gasteiger partial charge on any atom is -0.349 e. The van der Waals surface area contributed by atoms with Crippen LogP contribution in [-0.2, 0) is 4.79 Å². The lowest BCUT2D eigenvalue weighted by atomic mass is 10.0. The Labute approximate surface area is 149 Å². The molecule has 0 bridgehead atoms. The number of hydrogen-bond acceptors (Lipinski definition) is 3. The first kappa shape index (κ1) is 18.7. The number of anilines is 1. The number of hydrogen-bond donors (Lipinski definition) is 3. The van der Waals surface area contributed by atoms with Gasteiger partial charge in [0.2, 0.25) is 5.91 Å². The fourth-order valence-corrected chi connectivity index (χ4v) is 3.16. The molecule has 1 saturated carbocycles. The van der Waals surface area contributed by atoms with Crippen LogP contribution in [0.3, 0.4) is 0 Å². The predicted octanol–water partition coefficient (Wildman–Crippen LogP) is 2.57. The number of carbonyl (C=O) groups is 2. The molecule has 2 aliphatic rings. The third-order valence-electron chi connectivity index (χ3n) is 4.82. The monoisotopic (exact) mass is 351 g/mol. The maximum atomic E-state index is 12.3. The molecule has 4 atom stereocenters. The van der Waals surface area contributed by atoms with Gasteiger partial charge in [-0.05, 0) is 62.9 Å². The molecule has 2 amide bonds. The van der Waals surface area contributed by atoms with Crippen molar-refractivity contribution in [1.82, 2.24) is 10.6 Å². The summed E-state index contributed by atoms with van der Waals surface area (Å²) in [5.41, 5.74) is 1.38. The highest BCUT2D eigenvalue weighted by atomic mass is 35.5. The molecule has 0 radical (unpaired) electrons. The van der Waals surface area contributed by atoms with Crippen molar-refractivity contribution in [3.8, 4) is 0 Å². The summed E-state index contributed by atoms with van der Waals surface area (Å²) in [7, 11) is 0. The standard InChI is InChI=1S/C18H25N3O2.ClH/c1-11-9-16(11)18(23)20-14-5-3-13(4-6-14)17(22)21-15-7-8-19-12(2)10-15;/h3-6,11-12,15-16,19H,7-10H2,1-2H3,(H,20,23)(H,21,22);1H. The Morgan fingerprint density at radius 1 is 1.12 bits per heavy atom. The summed E-state index contributed by atoms with van der Waals surface area (Å²) in [4.78, 5) is 24.2. The van der Waals surface area contributed by atoms with Crippen molar-refractivity contribution in [3.63, 3.8) is 0 Å². The van der Waals surface area contributed by atoms with E-state index in [1.165, 1.54) is 0 Å². The zero-order valence-corrected chi connectivity index (χ0v) is 15.0. The lowest BCUT2D eigenvalue weighted by molar-refractivity contribution is -0.117. The van der Waals surface area contributed by atoms with E-state index in [1.807, 2.05) is 0 Å². The van der Waals surface area contributed by atoms with E-state index in [0.29, 0.717) is 17.5 Å². The molecular weight excluding hydrogens is 326 g/mol. The quantitative estimate of drug-likeness (QED) is 0.780. The first-order chi connectivity index (χ1) is 11.0. The smallest absolute Gasteiger partial charge is 0.251 e. The van der Waals surface area contributed by atoms with Gasteiger partial charge in [0, 0.05) is 29.3 Å². The highest BCUT2D eigenvalue weighted by molar-refractivity contribution is 5.97. The molecule has 2 fully saturated rings. The van der Waals surface area contributed by atoms with Crippen LogP contribution in [0.5, 0.6) is 0 Å². The van der Waals surface area contributed by atoms with Crippen molar-refractivity contribution >= 4 is 29.9 Å². The maximum Gasteiger partial charge on any atom is 0.251 e. The third-order valence-corrected chi connectivity index (χ3v) is 4.82. The summed E-state index contributed by atoms with van der Waals surface area (Å²) in [6.45, 7) is 5.16. The Morgan fingerprint density at radius 2 is 1.79 bits per heavy atom. The third kappa shape index (κ3) is 4.71. The minimum atomic E-state index is -0.0437. The number of rotatable bonds is 4. The molecule has 3 rings (SSSR count). The SMILES string of the molecule is CC1CC(NC(=O)c2ccc(NC(=O)C3CC3C)cc2)CCN1.Cl. The van der Waals surface area contributed by atoms with E-state index in [0.717, 1.165) is 31.5 Å². The van der Waals surface area contributed by atoms with Crippen molar-refractivity contribution in [3.05, 3.63) is 29.8 Å². The molecule has 6 heteroatoms. The molecule has 4 unspecified atom stereocenters. The summed E-state index contributed by atoms with van der Waals surface area (Å²) >= 11 is 0. The van der Waals surface area contributed by atoms with E-state index >= 15 is 0 Å². The van der Waals surface area contributed by atoms with Crippen LogP contribution in [0.1, 0.15) is 43.5 Å². The second-order valence-electron chi connectivity index (χ2n) is 6.94. The Hall–Kier alpha value is -1.59. The minimum absolute atomic E-state index is 0. The van der Waals surface area contributed by atoms with Crippen LogP contribution in [0.15, 0.2) is 24.3 Å². The van der Waals surface area contributed by atoms with Crippen molar-refractivity contribution < 1.29 is 9.59 Å². The first-order valence-corrected chi connectivity index (χ1v) is 8.48. The Morgan fingerprint density at radius 3 is 2.38 bits per heavy atom. The van der Waals surface area contributed by atoms with E-state index in [4.69, 9.17) is 0 Å². The van der Waals surface area contributed by atoms with Gasteiger partial charge in [-0.25, -0.2) is 0 Å². The fraction of sp³-hybridized carbons (Fsp3) is 0.556. The van der Waals surface area contributed by atoms with E-state index in [2.05, 4.69) is 29.8 Å². The largest absolute Gasteiger partial charge is 0.349 e. The number of amides is 2. The van der Waals surface area contributed by atoms with Crippen LogP contribution < -0.4 is 16.0 Å². The summed E-state index contributed by atoms with van der Waals surface area (Å²) in [6, 6.07) is 7.80. The van der Waals surface area contributed by atoms with Gasteiger partial charge < -0.3 is 16.0 Å². The average molecular weight is 352 g/mol. The van der Waals surface area contributed by atoms with Crippen LogP contribution in [0.4, 0.5) is 5.69 Å². The number of piperidine rings is 1. The molecule has 3 N–H and O–H groups in total. The van der Waals surface area contributed by atoms with Gasteiger partial charge in [-0.15, -0.1) is 12.4 Å². The van der Waals surface area contributed by atoms with Gasteiger partial charge in [-0.2, -0.15) is 0 Å². The Balaban J connectivity index is 0.00000208. The average Bonchev–Trinajstić information content (AvgIpc) is 3.25. The van der Waals surface area contributed by atoms with Crippen LogP contribution in [-0.4, -0.2) is 30.4 Å². The summed E-state index contributed by atoms with van der Waals surface area (Å²) in [6.07, 6.45) is 2.89. The van der Waals surface area contributed by atoms with Gasteiger partial charge in [0.1, 0.15) is 0 Å². The Kier molecular flexibility index (Phi) is 6.24. The van der Waals surface area contributed by atoms with E-state index in [9.17, 15) is 9.59 Å². The van der Waals surface area contributed by atoms with E-state index in [-0.39, 0.29) is 36.2 Å². The lowest BCUT2D eigenvalue weighted by Crippen LogP contribution is -2.46. The molecule has 1 aromatic rings. The topological polar surface area (TPSA) is 70.2 Å². The summed E-state index contributed by atoms with van der Waals surface area (Å²) < 4.78 is 0. The zero-order valence-electron chi connectivity index (χ0n) is 14.2. The number of halogens is 1. The molecule has 0 spiro atoms. The maximum absolute atomic E-state index is 12.3. The predicted molar refractivity (Wildman–Crippen MR) is 97.5 cm³/mol. The van der Waals surface area contributed by atoms with Gasteiger partial charge in [0.25, 0.3) is 5.91 Å². The molecule has 1 heterocycles. The van der Waals surface area contributed by atoms with Crippen molar-refractivity contribution in [2.75, 3.05) is 11.9 Å². The van der Waals surface area contributed by atoms with Crippen LogP contribution in [0, 0.1) is 11.8 Å². The van der Waals surface area contributed by atoms with Gasteiger partial charge in [0.15, 0.2) is 0 Å².